The number of nitro benzene ring substituents is 1. The Kier molecular flexibility index (Phi) is 6.48. The van der Waals surface area contributed by atoms with Crippen molar-refractivity contribution < 1.29 is 23.7 Å². The Morgan fingerprint density at radius 1 is 1.28 bits per heavy atom. The zero-order valence-electron chi connectivity index (χ0n) is 16.1. The summed E-state index contributed by atoms with van der Waals surface area (Å²) in [4.78, 5) is 37.0. The molecule has 2 heterocycles. The third kappa shape index (κ3) is 5.13. The summed E-state index contributed by atoms with van der Waals surface area (Å²) in [7, 11) is 0. The molecule has 0 radical (unpaired) electrons. The lowest BCUT2D eigenvalue weighted by Gasteiger charge is -2.32. The van der Waals surface area contributed by atoms with Crippen LogP contribution < -0.4 is 10.2 Å². The number of para-hydroxylation sites is 2. The highest BCUT2D eigenvalue weighted by Gasteiger charge is 2.29. The molecule has 1 N–H and O–H groups in total. The maximum absolute atomic E-state index is 12.3. The third-order valence-electron chi connectivity index (χ3n) is 4.94. The van der Waals surface area contributed by atoms with Gasteiger partial charge in [0.05, 0.1) is 23.1 Å². The summed E-state index contributed by atoms with van der Waals surface area (Å²) in [6, 6.07) is 9.73. The van der Waals surface area contributed by atoms with E-state index in [1.165, 1.54) is 12.3 Å². The summed E-state index contributed by atoms with van der Waals surface area (Å²) >= 11 is 0. The van der Waals surface area contributed by atoms with Crippen LogP contribution in [0.5, 0.6) is 0 Å². The van der Waals surface area contributed by atoms with Crippen LogP contribution in [0.25, 0.3) is 0 Å². The van der Waals surface area contributed by atoms with Gasteiger partial charge in [0, 0.05) is 19.2 Å². The van der Waals surface area contributed by atoms with Crippen molar-refractivity contribution in [3.05, 3.63) is 58.5 Å². The van der Waals surface area contributed by atoms with Crippen molar-refractivity contribution in [2.45, 2.75) is 25.8 Å². The van der Waals surface area contributed by atoms with Crippen molar-refractivity contribution in [1.29, 1.82) is 0 Å². The van der Waals surface area contributed by atoms with E-state index >= 15 is 0 Å². The first kappa shape index (κ1) is 20.4. The molecule has 9 heteroatoms. The number of hydrogen-bond donors (Lipinski definition) is 1. The molecule has 1 aromatic carbocycles. The lowest BCUT2D eigenvalue weighted by molar-refractivity contribution is -0.384. The predicted molar refractivity (Wildman–Crippen MR) is 104 cm³/mol. The van der Waals surface area contributed by atoms with Gasteiger partial charge in [-0.2, -0.15) is 0 Å². The minimum atomic E-state index is -0.423. The molecule has 0 unspecified atom stereocenters. The predicted octanol–water partition coefficient (Wildman–Crippen LogP) is 2.82. The fraction of sp³-hybridized carbons (Fsp3) is 0.400. The van der Waals surface area contributed by atoms with Crippen molar-refractivity contribution in [2.75, 3.05) is 24.6 Å². The van der Waals surface area contributed by atoms with Crippen LogP contribution in [0.2, 0.25) is 0 Å². The van der Waals surface area contributed by atoms with Crippen LogP contribution in [0.15, 0.2) is 47.1 Å². The van der Waals surface area contributed by atoms with E-state index in [4.69, 9.17) is 9.15 Å². The Morgan fingerprint density at radius 3 is 2.66 bits per heavy atom. The van der Waals surface area contributed by atoms with Gasteiger partial charge < -0.3 is 19.4 Å². The molecule has 1 amide bonds. The highest BCUT2D eigenvalue weighted by atomic mass is 16.6. The van der Waals surface area contributed by atoms with E-state index in [2.05, 4.69) is 5.32 Å². The number of esters is 1. The lowest BCUT2D eigenvalue weighted by atomic mass is 9.96. The van der Waals surface area contributed by atoms with Crippen molar-refractivity contribution in [2.24, 2.45) is 5.92 Å². The van der Waals surface area contributed by atoms with Gasteiger partial charge in [0.2, 0.25) is 0 Å². The second kappa shape index (κ2) is 9.22. The van der Waals surface area contributed by atoms with Crippen LogP contribution in [-0.2, 0) is 14.3 Å². The zero-order valence-corrected chi connectivity index (χ0v) is 16.1. The van der Waals surface area contributed by atoms with E-state index in [9.17, 15) is 19.7 Å². The van der Waals surface area contributed by atoms with Gasteiger partial charge in [0.1, 0.15) is 11.4 Å². The van der Waals surface area contributed by atoms with Gasteiger partial charge in [0.15, 0.2) is 6.61 Å². The van der Waals surface area contributed by atoms with E-state index in [-0.39, 0.29) is 24.3 Å². The fourth-order valence-corrected chi connectivity index (χ4v) is 3.39. The Balaban J connectivity index is 1.45. The maximum Gasteiger partial charge on any atom is 0.309 e. The monoisotopic (exact) mass is 401 g/mol. The molecular formula is C20H23N3O6. The number of piperidine rings is 1. The minimum Gasteiger partial charge on any atom is -0.467 e. The van der Waals surface area contributed by atoms with Crippen LogP contribution in [0.1, 0.15) is 31.6 Å². The van der Waals surface area contributed by atoms with E-state index in [1.54, 1.807) is 37.3 Å². The van der Waals surface area contributed by atoms with Crippen LogP contribution in [0, 0.1) is 16.0 Å². The van der Waals surface area contributed by atoms with Gasteiger partial charge in [-0.1, -0.05) is 12.1 Å². The van der Waals surface area contributed by atoms with E-state index < -0.39 is 16.8 Å². The van der Waals surface area contributed by atoms with Crippen molar-refractivity contribution in [3.63, 3.8) is 0 Å². The highest BCUT2D eigenvalue weighted by Crippen LogP contribution is 2.31. The molecule has 1 aliphatic heterocycles. The first-order valence-corrected chi connectivity index (χ1v) is 9.43. The quantitative estimate of drug-likeness (QED) is 0.431. The van der Waals surface area contributed by atoms with Crippen LogP contribution in [0.4, 0.5) is 11.4 Å². The SMILES string of the molecule is C[C@H](NC(=O)COC(=O)C1CCN(c2ccccc2[N+](=O)[O-])CC1)c1ccco1. The molecule has 0 spiro atoms. The van der Waals surface area contributed by atoms with E-state index in [1.807, 2.05) is 4.90 Å². The number of nitrogens with one attached hydrogen (secondary N) is 1. The molecule has 154 valence electrons. The number of amides is 1. The summed E-state index contributed by atoms with van der Waals surface area (Å²) in [6.45, 7) is 2.43. The molecule has 1 atom stereocenters. The number of benzene rings is 1. The topological polar surface area (TPSA) is 115 Å². The maximum atomic E-state index is 12.3. The van der Waals surface area contributed by atoms with Crippen LogP contribution >= 0.6 is 0 Å². The first-order valence-electron chi connectivity index (χ1n) is 9.43. The molecule has 9 nitrogen and oxygen atoms in total. The Morgan fingerprint density at radius 2 is 2.00 bits per heavy atom. The second-order valence-electron chi connectivity index (χ2n) is 6.92. The number of nitro groups is 1. The summed E-state index contributed by atoms with van der Waals surface area (Å²) < 4.78 is 10.4. The van der Waals surface area contributed by atoms with Gasteiger partial charge >= 0.3 is 5.97 Å². The van der Waals surface area contributed by atoms with Gasteiger partial charge in [-0.05, 0) is 38.0 Å². The largest absolute Gasteiger partial charge is 0.467 e. The number of nitrogens with zero attached hydrogens (tertiary/aromatic N) is 2. The lowest BCUT2D eigenvalue weighted by Crippen LogP contribution is -2.38. The molecule has 1 aliphatic rings. The Labute approximate surface area is 167 Å². The van der Waals surface area contributed by atoms with Crippen molar-refractivity contribution in [1.82, 2.24) is 5.32 Å². The number of carbonyl (C=O) groups excluding carboxylic acids is 2. The molecular weight excluding hydrogens is 378 g/mol. The molecule has 0 saturated carbocycles. The molecule has 1 fully saturated rings. The molecule has 3 rings (SSSR count). The van der Waals surface area contributed by atoms with Gasteiger partial charge in [-0.15, -0.1) is 0 Å². The molecule has 2 aromatic rings. The molecule has 1 saturated heterocycles. The molecule has 0 aliphatic carbocycles. The van der Waals surface area contributed by atoms with Gasteiger partial charge in [-0.3, -0.25) is 19.7 Å². The summed E-state index contributed by atoms with van der Waals surface area (Å²) in [5.74, 6) is -0.538. The average molecular weight is 401 g/mol. The van der Waals surface area contributed by atoms with Crippen molar-refractivity contribution in [3.8, 4) is 0 Å². The molecule has 0 bridgehead atoms. The van der Waals surface area contributed by atoms with Crippen LogP contribution in [0.3, 0.4) is 0 Å². The number of hydrogen-bond acceptors (Lipinski definition) is 7. The summed E-state index contributed by atoms with van der Waals surface area (Å²) in [5, 5.41) is 13.9. The first-order chi connectivity index (χ1) is 14.0. The van der Waals surface area contributed by atoms with Gasteiger partial charge in [-0.25, -0.2) is 0 Å². The number of furan rings is 1. The number of rotatable bonds is 7. The number of anilines is 1. The van der Waals surface area contributed by atoms with E-state index in [0.29, 0.717) is 37.4 Å². The van der Waals surface area contributed by atoms with Crippen LogP contribution in [-0.4, -0.2) is 36.5 Å². The Hall–Kier alpha value is -3.36. The third-order valence-corrected chi connectivity index (χ3v) is 4.94. The summed E-state index contributed by atoms with van der Waals surface area (Å²) in [6.07, 6.45) is 2.54. The number of carbonyl (C=O) groups is 2. The average Bonchev–Trinajstić information content (AvgIpc) is 3.27. The Bertz CT molecular complexity index is 859. The van der Waals surface area contributed by atoms with Crippen molar-refractivity contribution >= 4 is 23.3 Å². The molecule has 29 heavy (non-hydrogen) atoms. The standard InChI is InChI=1S/C20H23N3O6/c1-14(18-7-4-12-28-18)21-19(24)13-29-20(25)15-8-10-22(11-9-15)16-5-2-3-6-17(16)23(26)27/h2-7,12,14-15H,8-11,13H2,1H3,(H,21,24)/t14-/m0/s1. The number of ether oxygens (including phenoxy) is 1. The highest BCUT2D eigenvalue weighted by molar-refractivity contribution is 5.81. The fourth-order valence-electron chi connectivity index (χ4n) is 3.39. The second-order valence-corrected chi connectivity index (χ2v) is 6.92. The van der Waals surface area contributed by atoms with E-state index in [0.717, 1.165) is 0 Å². The summed E-state index contributed by atoms with van der Waals surface area (Å²) in [5.41, 5.74) is 0.603. The molecule has 1 aromatic heterocycles. The normalized spacial score (nSPS) is 15.6. The minimum absolute atomic E-state index is 0.0517. The zero-order chi connectivity index (χ0) is 20.8. The van der Waals surface area contributed by atoms with Gasteiger partial charge in [0.25, 0.3) is 11.6 Å². The smallest absolute Gasteiger partial charge is 0.309 e.